The SMILES string of the molecule is CC(C)S(=O)(=O)NCCn1cc(CC(C)(C)C)c2cc(-c3ccccc3Cl)ccc21. The molecule has 0 fully saturated rings. The van der Waals surface area contributed by atoms with Crippen LogP contribution in [0.25, 0.3) is 22.0 Å². The van der Waals surface area contributed by atoms with E-state index in [9.17, 15) is 8.42 Å². The van der Waals surface area contributed by atoms with Gasteiger partial charge in [-0.1, -0.05) is 56.6 Å². The fourth-order valence-electron chi connectivity index (χ4n) is 3.61. The molecule has 1 N–H and O–H groups in total. The van der Waals surface area contributed by atoms with Gasteiger partial charge in [-0.15, -0.1) is 0 Å². The Balaban J connectivity index is 1.99. The Labute approximate surface area is 185 Å². The zero-order valence-corrected chi connectivity index (χ0v) is 19.9. The van der Waals surface area contributed by atoms with Crippen LogP contribution in [0.1, 0.15) is 40.2 Å². The molecule has 3 aromatic rings. The minimum Gasteiger partial charge on any atom is -0.346 e. The van der Waals surface area contributed by atoms with E-state index in [2.05, 4.69) is 54.5 Å². The third-order valence-electron chi connectivity index (χ3n) is 5.15. The number of fused-ring (bicyclic) bond motifs is 1. The molecule has 0 spiro atoms. The lowest BCUT2D eigenvalue weighted by molar-refractivity contribution is 0.412. The molecular weight excluding hydrogens is 416 g/mol. The first kappa shape index (κ1) is 22.9. The summed E-state index contributed by atoms with van der Waals surface area (Å²) < 4.78 is 29.0. The molecule has 4 nitrogen and oxygen atoms in total. The summed E-state index contributed by atoms with van der Waals surface area (Å²) in [5.74, 6) is 0. The molecule has 30 heavy (non-hydrogen) atoms. The van der Waals surface area contributed by atoms with Gasteiger partial charge in [0.1, 0.15) is 0 Å². The molecule has 0 aliphatic rings. The summed E-state index contributed by atoms with van der Waals surface area (Å²) in [4.78, 5) is 0. The Hall–Kier alpha value is -1.82. The summed E-state index contributed by atoms with van der Waals surface area (Å²) in [5.41, 5.74) is 4.60. The van der Waals surface area contributed by atoms with Crippen LogP contribution in [0.15, 0.2) is 48.7 Å². The number of hydrogen-bond donors (Lipinski definition) is 1. The molecule has 0 aliphatic carbocycles. The lowest BCUT2D eigenvalue weighted by Gasteiger charge is -2.17. The van der Waals surface area contributed by atoms with Gasteiger partial charge in [-0.05, 0) is 55.0 Å². The highest BCUT2D eigenvalue weighted by atomic mass is 35.5. The van der Waals surface area contributed by atoms with E-state index >= 15 is 0 Å². The van der Waals surface area contributed by atoms with Crippen LogP contribution in [0.5, 0.6) is 0 Å². The standard InChI is InChI=1S/C24H31ClN2O2S/c1-17(2)30(28,29)26-12-13-27-16-19(15-24(3,4)5)21-14-18(10-11-23(21)27)20-8-6-7-9-22(20)25/h6-11,14,16-17,26H,12-13,15H2,1-5H3. The van der Waals surface area contributed by atoms with Crippen molar-refractivity contribution in [1.82, 2.24) is 9.29 Å². The molecule has 1 heterocycles. The number of nitrogens with one attached hydrogen (secondary N) is 1. The lowest BCUT2D eigenvalue weighted by atomic mass is 9.88. The highest BCUT2D eigenvalue weighted by molar-refractivity contribution is 7.90. The molecule has 162 valence electrons. The van der Waals surface area contributed by atoms with Gasteiger partial charge in [0, 0.05) is 40.8 Å². The number of benzene rings is 2. The fraction of sp³-hybridized carbons (Fsp3) is 0.417. The van der Waals surface area contributed by atoms with Crippen molar-refractivity contribution in [1.29, 1.82) is 0 Å². The Bertz CT molecular complexity index is 1140. The molecule has 0 radical (unpaired) electrons. The normalized spacial score (nSPS) is 12.8. The van der Waals surface area contributed by atoms with Crippen molar-refractivity contribution >= 4 is 32.5 Å². The highest BCUT2D eigenvalue weighted by Gasteiger charge is 2.18. The molecule has 6 heteroatoms. The maximum absolute atomic E-state index is 12.1. The number of aromatic nitrogens is 1. The van der Waals surface area contributed by atoms with Crippen molar-refractivity contribution < 1.29 is 8.42 Å². The van der Waals surface area contributed by atoms with Gasteiger partial charge in [0.25, 0.3) is 0 Å². The van der Waals surface area contributed by atoms with Crippen LogP contribution in [0.2, 0.25) is 5.02 Å². The number of hydrogen-bond acceptors (Lipinski definition) is 2. The zero-order valence-electron chi connectivity index (χ0n) is 18.4. The van der Waals surface area contributed by atoms with E-state index in [0.29, 0.717) is 13.1 Å². The van der Waals surface area contributed by atoms with Crippen molar-refractivity contribution in [3.05, 3.63) is 59.2 Å². The van der Waals surface area contributed by atoms with E-state index in [1.54, 1.807) is 13.8 Å². The molecular formula is C24H31ClN2O2S. The van der Waals surface area contributed by atoms with Gasteiger partial charge >= 0.3 is 0 Å². The second-order valence-corrected chi connectivity index (χ2v) is 12.0. The summed E-state index contributed by atoms with van der Waals surface area (Å²) in [6.45, 7) is 11.0. The van der Waals surface area contributed by atoms with Crippen LogP contribution in [0, 0.1) is 5.41 Å². The maximum atomic E-state index is 12.1. The predicted octanol–water partition coefficient (Wildman–Crippen LogP) is 5.88. The van der Waals surface area contributed by atoms with Crippen molar-refractivity contribution in [2.45, 2.75) is 52.8 Å². The second kappa shape index (κ2) is 8.74. The molecule has 0 aliphatic heterocycles. The smallest absolute Gasteiger partial charge is 0.213 e. The summed E-state index contributed by atoms with van der Waals surface area (Å²) >= 11 is 6.43. The van der Waals surface area contributed by atoms with Crippen molar-refractivity contribution in [3.63, 3.8) is 0 Å². The highest BCUT2D eigenvalue weighted by Crippen LogP contribution is 2.34. The summed E-state index contributed by atoms with van der Waals surface area (Å²) in [6.07, 6.45) is 3.09. The van der Waals surface area contributed by atoms with Crippen molar-refractivity contribution in [2.24, 2.45) is 5.41 Å². The molecule has 0 bridgehead atoms. The van der Waals surface area contributed by atoms with E-state index in [-0.39, 0.29) is 5.41 Å². The summed E-state index contributed by atoms with van der Waals surface area (Å²) in [6, 6.07) is 14.3. The van der Waals surface area contributed by atoms with Gasteiger partial charge in [0.15, 0.2) is 0 Å². The van der Waals surface area contributed by atoms with Gasteiger partial charge in [-0.2, -0.15) is 0 Å². The van der Waals surface area contributed by atoms with E-state index in [4.69, 9.17) is 11.6 Å². The molecule has 0 saturated heterocycles. The number of rotatable bonds is 7. The topological polar surface area (TPSA) is 51.1 Å². The fourth-order valence-corrected chi connectivity index (χ4v) is 4.56. The third kappa shape index (κ3) is 5.26. The molecule has 0 unspecified atom stereocenters. The molecule has 0 saturated carbocycles. The van der Waals surface area contributed by atoms with Crippen LogP contribution in [-0.2, 0) is 23.0 Å². The van der Waals surface area contributed by atoms with E-state index in [1.807, 2.05) is 24.3 Å². The van der Waals surface area contributed by atoms with Gasteiger partial charge in [0.05, 0.1) is 5.25 Å². The van der Waals surface area contributed by atoms with E-state index < -0.39 is 15.3 Å². The first-order valence-corrected chi connectivity index (χ1v) is 12.3. The number of halogens is 1. The predicted molar refractivity (Wildman–Crippen MR) is 128 cm³/mol. The Morgan fingerprint density at radius 3 is 2.43 bits per heavy atom. The minimum atomic E-state index is -3.27. The van der Waals surface area contributed by atoms with Crippen LogP contribution < -0.4 is 4.72 Å². The van der Waals surface area contributed by atoms with Crippen LogP contribution in [0.3, 0.4) is 0 Å². The van der Waals surface area contributed by atoms with Crippen LogP contribution in [-0.4, -0.2) is 24.8 Å². The lowest BCUT2D eigenvalue weighted by Crippen LogP contribution is -2.33. The van der Waals surface area contributed by atoms with Crippen molar-refractivity contribution in [2.75, 3.05) is 6.54 Å². The minimum absolute atomic E-state index is 0.138. The summed E-state index contributed by atoms with van der Waals surface area (Å²) in [5, 5.41) is 1.49. The second-order valence-electron chi connectivity index (χ2n) is 9.29. The average Bonchev–Trinajstić information content (AvgIpc) is 2.97. The largest absolute Gasteiger partial charge is 0.346 e. The average molecular weight is 447 g/mol. The zero-order chi connectivity index (χ0) is 22.1. The summed E-state index contributed by atoms with van der Waals surface area (Å²) in [7, 11) is -3.27. The molecule has 3 rings (SSSR count). The van der Waals surface area contributed by atoms with Gasteiger partial charge in [-0.25, -0.2) is 13.1 Å². The van der Waals surface area contributed by atoms with Crippen LogP contribution in [0.4, 0.5) is 0 Å². The first-order chi connectivity index (χ1) is 14.0. The maximum Gasteiger partial charge on any atom is 0.213 e. The number of nitrogens with zero attached hydrogens (tertiary/aromatic N) is 1. The Kier molecular flexibility index (Phi) is 6.66. The molecule has 2 aromatic carbocycles. The first-order valence-electron chi connectivity index (χ1n) is 10.3. The molecule has 0 amide bonds. The van der Waals surface area contributed by atoms with Crippen molar-refractivity contribution in [3.8, 4) is 11.1 Å². The molecule has 0 atom stereocenters. The third-order valence-corrected chi connectivity index (χ3v) is 7.32. The van der Waals surface area contributed by atoms with Crippen LogP contribution >= 0.6 is 11.6 Å². The Morgan fingerprint density at radius 1 is 1.10 bits per heavy atom. The quantitative estimate of drug-likeness (QED) is 0.492. The molecule has 1 aromatic heterocycles. The van der Waals surface area contributed by atoms with Gasteiger partial charge < -0.3 is 4.57 Å². The Morgan fingerprint density at radius 2 is 1.80 bits per heavy atom. The monoisotopic (exact) mass is 446 g/mol. The van der Waals surface area contributed by atoms with E-state index in [1.165, 1.54) is 10.9 Å². The number of sulfonamides is 1. The van der Waals surface area contributed by atoms with E-state index in [0.717, 1.165) is 28.1 Å². The van der Waals surface area contributed by atoms with Gasteiger partial charge in [-0.3, -0.25) is 0 Å². The van der Waals surface area contributed by atoms with Gasteiger partial charge in [0.2, 0.25) is 10.0 Å².